The fourth-order valence-electron chi connectivity index (χ4n) is 2.87. The second-order valence-corrected chi connectivity index (χ2v) is 7.62. The molecule has 10 heteroatoms. The van der Waals surface area contributed by atoms with Crippen LogP contribution in [0.25, 0.3) is 0 Å². The third kappa shape index (κ3) is 3.37. The molecular weight excluding hydrogens is 368 g/mol. The quantitative estimate of drug-likeness (QED) is 0.598. The molecule has 0 atom stereocenters. The lowest BCUT2D eigenvalue weighted by molar-refractivity contribution is -0.384. The number of sulfonamides is 1. The van der Waals surface area contributed by atoms with E-state index in [-0.39, 0.29) is 37.6 Å². The van der Waals surface area contributed by atoms with E-state index < -0.39 is 31.5 Å². The summed E-state index contributed by atoms with van der Waals surface area (Å²) in [5.74, 6) is -1.55. The first kappa shape index (κ1) is 18.2. The summed E-state index contributed by atoms with van der Waals surface area (Å²) in [6.07, 6.45) is 0. The van der Waals surface area contributed by atoms with Gasteiger partial charge < -0.3 is 4.90 Å². The first-order valence-electron chi connectivity index (χ1n) is 7.74. The van der Waals surface area contributed by atoms with Gasteiger partial charge in [0.05, 0.1) is 11.0 Å². The van der Waals surface area contributed by atoms with Crippen molar-refractivity contribution < 1.29 is 22.1 Å². The number of rotatable bonds is 4. The average Bonchev–Trinajstić information content (AvgIpc) is 2.62. The molecular formula is C16H15F2N3O4S. The largest absolute Gasteiger partial charge is 0.363 e. The van der Waals surface area contributed by atoms with E-state index >= 15 is 0 Å². The van der Waals surface area contributed by atoms with Crippen LogP contribution in [0.2, 0.25) is 0 Å². The number of piperazine rings is 1. The number of nitrogens with zero attached hydrogens (tertiary/aromatic N) is 3. The van der Waals surface area contributed by atoms with Crippen LogP contribution in [0.5, 0.6) is 0 Å². The summed E-state index contributed by atoms with van der Waals surface area (Å²) in [7, 11) is -3.99. The maximum atomic E-state index is 13.8. The third-order valence-electron chi connectivity index (χ3n) is 4.17. The molecule has 0 unspecified atom stereocenters. The molecule has 26 heavy (non-hydrogen) atoms. The molecule has 0 saturated carbocycles. The summed E-state index contributed by atoms with van der Waals surface area (Å²) < 4.78 is 53.4. The second kappa shape index (κ2) is 6.96. The van der Waals surface area contributed by atoms with Crippen LogP contribution in [0.3, 0.4) is 0 Å². The molecule has 2 aromatic carbocycles. The van der Waals surface area contributed by atoms with Gasteiger partial charge in [0.15, 0.2) is 0 Å². The van der Waals surface area contributed by atoms with Gasteiger partial charge in [0.2, 0.25) is 10.0 Å². The molecule has 0 aromatic heterocycles. The Hall–Kier alpha value is -2.59. The van der Waals surface area contributed by atoms with E-state index in [9.17, 15) is 27.3 Å². The minimum absolute atomic E-state index is 0.0329. The van der Waals surface area contributed by atoms with Crippen LogP contribution in [0.15, 0.2) is 47.4 Å². The first-order chi connectivity index (χ1) is 12.3. The summed E-state index contributed by atoms with van der Waals surface area (Å²) in [4.78, 5) is 11.7. The van der Waals surface area contributed by atoms with Gasteiger partial charge in [0, 0.05) is 26.2 Å². The molecule has 0 bridgehead atoms. The Morgan fingerprint density at radius 3 is 2.27 bits per heavy atom. The SMILES string of the molecule is O=[N+]([O-])c1cc(F)ccc1N1CCN(S(=O)(=O)c2ccccc2F)CC1. The number of nitro groups is 1. The number of hydrogen-bond acceptors (Lipinski definition) is 5. The minimum atomic E-state index is -3.99. The Morgan fingerprint density at radius 2 is 1.65 bits per heavy atom. The smallest absolute Gasteiger partial charge is 0.295 e. The van der Waals surface area contributed by atoms with E-state index in [1.165, 1.54) is 24.3 Å². The number of nitro benzene ring substituents is 1. The number of benzene rings is 2. The predicted molar refractivity (Wildman–Crippen MR) is 90.4 cm³/mol. The monoisotopic (exact) mass is 383 g/mol. The highest BCUT2D eigenvalue weighted by atomic mass is 32.2. The molecule has 1 heterocycles. The van der Waals surface area contributed by atoms with Gasteiger partial charge in [0.25, 0.3) is 5.69 Å². The Balaban J connectivity index is 1.80. The van der Waals surface area contributed by atoms with Gasteiger partial charge in [-0.3, -0.25) is 10.1 Å². The number of hydrogen-bond donors (Lipinski definition) is 0. The molecule has 1 saturated heterocycles. The van der Waals surface area contributed by atoms with Crippen molar-refractivity contribution in [1.82, 2.24) is 4.31 Å². The fraction of sp³-hybridized carbons (Fsp3) is 0.250. The molecule has 7 nitrogen and oxygen atoms in total. The fourth-order valence-corrected chi connectivity index (χ4v) is 4.36. The van der Waals surface area contributed by atoms with Crippen molar-refractivity contribution in [2.24, 2.45) is 0 Å². The van der Waals surface area contributed by atoms with Gasteiger partial charge in [-0.05, 0) is 24.3 Å². The van der Waals surface area contributed by atoms with E-state index in [4.69, 9.17) is 0 Å². The minimum Gasteiger partial charge on any atom is -0.363 e. The number of halogens is 2. The standard InChI is InChI=1S/C16H15F2N3O4S/c17-12-5-6-14(15(11-12)21(22)23)19-7-9-20(10-8-19)26(24,25)16-4-2-1-3-13(16)18/h1-6,11H,7-10H2. The summed E-state index contributed by atoms with van der Waals surface area (Å²) in [6, 6.07) is 8.36. The van der Waals surface area contributed by atoms with Gasteiger partial charge in [-0.15, -0.1) is 0 Å². The zero-order chi connectivity index (χ0) is 18.9. The van der Waals surface area contributed by atoms with Crippen LogP contribution in [0.4, 0.5) is 20.2 Å². The van der Waals surface area contributed by atoms with Crippen molar-refractivity contribution in [2.75, 3.05) is 31.1 Å². The summed E-state index contributed by atoms with van der Waals surface area (Å²) in [6.45, 7) is 0.400. The lowest BCUT2D eigenvalue weighted by Crippen LogP contribution is -2.49. The van der Waals surface area contributed by atoms with E-state index in [0.717, 1.165) is 22.5 Å². The number of anilines is 1. The van der Waals surface area contributed by atoms with Gasteiger partial charge >= 0.3 is 0 Å². The first-order valence-corrected chi connectivity index (χ1v) is 9.18. The van der Waals surface area contributed by atoms with Crippen molar-refractivity contribution in [3.8, 4) is 0 Å². The highest BCUT2D eigenvalue weighted by Gasteiger charge is 2.32. The normalized spacial score (nSPS) is 15.8. The molecule has 0 N–H and O–H groups in total. The van der Waals surface area contributed by atoms with Crippen molar-refractivity contribution in [3.63, 3.8) is 0 Å². The van der Waals surface area contributed by atoms with Crippen LogP contribution in [-0.4, -0.2) is 43.8 Å². The maximum Gasteiger partial charge on any atom is 0.295 e. The summed E-state index contributed by atoms with van der Waals surface area (Å²) >= 11 is 0. The summed E-state index contributed by atoms with van der Waals surface area (Å²) in [5.41, 5.74) is -0.158. The molecule has 0 radical (unpaired) electrons. The van der Waals surface area contributed by atoms with Crippen LogP contribution in [0.1, 0.15) is 0 Å². The van der Waals surface area contributed by atoms with Crippen LogP contribution < -0.4 is 4.90 Å². The highest BCUT2D eigenvalue weighted by molar-refractivity contribution is 7.89. The molecule has 0 aliphatic carbocycles. The van der Waals surface area contributed by atoms with E-state index in [1.807, 2.05) is 0 Å². The van der Waals surface area contributed by atoms with E-state index in [1.54, 1.807) is 4.90 Å². The summed E-state index contributed by atoms with van der Waals surface area (Å²) in [5, 5.41) is 11.1. The highest BCUT2D eigenvalue weighted by Crippen LogP contribution is 2.30. The Kier molecular flexibility index (Phi) is 4.88. The molecule has 1 aliphatic heterocycles. The third-order valence-corrected chi connectivity index (χ3v) is 6.10. The molecule has 1 aliphatic rings. The maximum absolute atomic E-state index is 13.8. The van der Waals surface area contributed by atoms with Crippen molar-refractivity contribution in [2.45, 2.75) is 4.90 Å². The molecule has 0 amide bonds. The van der Waals surface area contributed by atoms with Crippen molar-refractivity contribution >= 4 is 21.4 Å². The molecule has 138 valence electrons. The van der Waals surface area contributed by atoms with Gasteiger partial charge in [0.1, 0.15) is 22.2 Å². The zero-order valence-electron chi connectivity index (χ0n) is 13.5. The average molecular weight is 383 g/mol. The van der Waals surface area contributed by atoms with Crippen molar-refractivity contribution in [3.05, 3.63) is 64.2 Å². The molecule has 1 fully saturated rings. The predicted octanol–water partition coefficient (Wildman–Crippen LogP) is 2.38. The Morgan fingerprint density at radius 1 is 1.00 bits per heavy atom. The van der Waals surface area contributed by atoms with Crippen molar-refractivity contribution in [1.29, 1.82) is 0 Å². The molecule has 3 rings (SSSR count). The van der Waals surface area contributed by atoms with Crippen LogP contribution in [-0.2, 0) is 10.0 Å². The Bertz CT molecular complexity index is 944. The second-order valence-electron chi connectivity index (χ2n) is 5.71. The lowest BCUT2D eigenvalue weighted by Gasteiger charge is -2.35. The van der Waals surface area contributed by atoms with E-state index in [2.05, 4.69) is 0 Å². The zero-order valence-corrected chi connectivity index (χ0v) is 14.3. The van der Waals surface area contributed by atoms with Crippen LogP contribution in [0, 0.1) is 21.7 Å². The van der Waals surface area contributed by atoms with Crippen LogP contribution >= 0.6 is 0 Å². The Labute approximate surface area is 148 Å². The molecule has 2 aromatic rings. The molecule has 0 spiro atoms. The topological polar surface area (TPSA) is 83.8 Å². The van der Waals surface area contributed by atoms with Gasteiger partial charge in [-0.25, -0.2) is 17.2 Å². The van der Waals surface area contributed by atoms with E-state index in [0.29, 0.717) is 0 Å². The lowest BCUT2D eigenvalue weighted by atomic mass is 10.2. The van der Waals surface area contributed by atoms with Gasteiger partial charge in [-0.1, -0.05) is 12.1 Å². The van der Waals surface area contributed by atoms with Gasteiger partial charge in [-0.2, -0.15) is 4.31 Å².